The summed E-state index contributed by atoms with van der Waals surface area (Å²) in [6, 6.07) is 9.66. The van der Waals surface area contributed by atoms with E-state index in [-0.39, 0.29) is 11.7 Å². The van der Waals surface area contributed by atoms with Crippen LogP contribution in [0.5, 0.6) is 0 Å². The van der Waals surface area contributed by atoms with Gasteiger partial charge in [0.05, 0.1) is 22.2 Å². The summed E-state index contributed by atoms with van der Waals surface area (Å²) in [7, 11) is 0. The second-order valence-corrected chi connectivity index (χ2v) is 7.78. The van der Waals surface area contributed by atoms with Crippen LogP contribution in [0.3, 0.4) is 0 Å². The second kappa shape index (κ2) is 7.53. The third-order valence-corrected chi connectivity index (χ3v) is 5.88. The van der Waals surface area contributed by atoms with Crippen LogP contribution >= 0.6 is 23.1 Å². The van der Waals surface area contributed by atoms with Crippen LogP contribution in [0.4, 0.5) is 5.13 Å². The number of amides is 1. The summed E-state index contributed by atoms with van der Waals surface area (Å²) in [5.74, 6) is 1.42. The van der Waals surface area contributed by atoms with Crippen molar-refractivity contribution in [2.45, 2.75) is 25.5 Å². The number of carbonyl (C=O) groups excluding carboxylic acids is 1. The first-order chi connectivity index (χ1) is 13.2. The molecule has 138 valence electrons. The van der Waals surface area contributed by atoms with Gasteiger partial charge in [-0.1, -0.05) is 35.2 Å². The summed E-state index contributed by atoms with van der Waals surface area (Å²) >= 11 is 2.81. The summed E-state index contributed by atoms with van der Waals surface area (Å²) in [4.78, 5) is 16.9. The fourth-order valence-electron chi connectivity index (χ4n) is 2.69. The molecule has 1 aromatic carbocycles. The maximum Gasteiger partial charge on any atom is 0.236 e. The van der Waals surface area contributed by atoms with E-state index in [0.717, 1.165) is 15.8 Å². The molecule has 3 aromatic heterocycles. The average Bonchev–Trinajstić information content (AvgIpc) is 3.38. The molecule has 0 aliphatic carbocycles. The molecule has 7 nitrogen and oxygen atoms in total. The first-order valence-electron chi connectivity index (χ1n) is 8.41. The Balaban J connectivity index is 1.44. The molecule has 0 unspecified atom stereocenters. The van der Waals surface area contributed by atoms with Crippen molar-refractivity contribution in [3.05, 3.63) is 42.2 Å². The SMILES string of the molecule is CCn1c(SCC(=O)Nc2nc3c(C)cccc3s2)nnc1-c1ccco1. The van der Waals surface area contributed by atoms with E-state index < -0.39 is 0 Å². The van der Waals surface area contributed by atoms with Crippen LogP contribution in [0, 0.1) is 6.92 Å². The Morgan fingerprint density at radius 1 is 1.30 bits per heavy atom. The zero-order valence-electron chi connectivity index (χ0n) is 14.8. The van der Waals surface area contributed by atoms with Gasteiger partial charge in [-0.15, -0.1) is 10.2 Å². The van der Waals surface area contributed by atoms with Gasteiger partial charge in [0.15, 0.2) is 21.9 Å². The average molecular weight is 400 g/mol. The quantitative estimate of drug-likeness (QED) is 0.489. The molecule has 0 spiro atoms. The molecular formula is C18H17N5O2S2. The normalized spacial score (nSPS) is 11.2. The monoisotopic (exact) mass is 399 g/mol. The minimum absolute atomic E-state index is 0.123. The second-order valence-electron chi connectivity index (χ2n) is 5.81. The highest BCUT2D eigenvalue weighted by Gasteiger charge is 2.17. The van der Waals surface area contributed by atoms with Crippen molar-refractivity contribution in [2.24, 2.45) is 0 Å². The van der Waals surface area contributed by atoms with Crippen molar-refractivity contribution in [1.29, 1.82) is 0 Å². The molecule has 1 N–H and O–H groups in total. The third-order valence-electron chi connectivity index (χ3n) is 3.97. The molecule has 0 aliphatic rings. The molecule has 4 aromatic rings. The smallest absolute Gasteiger partial charge is 0.236 e. The Hall–Kier alpha value is -2.65. The number of aromatic nitrogens is 4. The number of benzene rings is 1. The molecule has 4 rings (SSSR count). The first-order valence-corrected chi connectivity index (χ1v) is 10.2. The highest BCUT2D eigenvalue weighted by Crippen LogP contribution is 2.28. The Bertz CT molecular complexity index is 1080. The van der Waals surface area contributed by atoms with Gasteiger partial charge in [-0.25, -0.2) is 4.98 Å². The van der Waals surface area contributed by atoms with E-state index >= 15 is 0 Å². The van der Waals surface area contributed by atoms with Gasteiger partial charge in [0.2, 0.25) is 5.91 Å². The minimum Gasteiger partial charge on any atom is -0.461 e. The lowest BCUT2D eigenvalue weighted by atomic mass is 10.2. The zero-order chi connectivity index (χ0) is 18.8. The minimum atomic E-state index is -0.123. The van der Waals surface area contributed by atoms with Gasteiger partial charge < -0.3 is 9.73 Å². The van der Waals surface area contributed by atoms with Crippen LogP contribution < -0.4 is 5.32 Å². The van der Waals surface area contributed by atoms with Crippen molar-refractivity contribution >= 4 is 44.4 Å². The van der Waals surface area contributed by atoms with E-state index in [1.54, 1.807) is 6.26 Å². The largest absolute Gasteiger partial charge is 0.461 e. The number of hydrogen-bond donors (Lipinski definition) is 1. The van der Waals surface area contributed by atoms with E-state index in [2.05, 4.69) is 20.5 Å². The van der Waals surface area contributed by atoms with Crippen LogP contribution in [-0.4, -0.2) is 31.4 Å². The molecule has 0 saturated carbocycles. The molecule has 0 saturated heterocycles. The van der Waals surface area contributed by atoms with Crippen LogP contribution in [0.25, 0.3) is 21.8 Å². The number of furan rings is 1. The number of nitrogens with zero attached hydrogens (tertiary/aromatic N) is 4. The first kappa shape index (κ1) is 17.7. The van der Waals surface area contributed by atoms with Crippen molar-refractivity contribution < 1.29 is 9.21 Å². The molecule has 0 aliphatic heterocycles. The maximum absolute atomic E-state index is 12.3. The van der Waals surface area contributed by atoms with Crippen LogP contribution in [0.1, 0.15) is 12.5 Å². The number of nitrogens with one attached hydrogen (secondary N) is 1. The van der Waals surface area contributed by atoms with Gasteiger partial charge in [0.25, 0.3) is 0 Å². The number of anilines is 1. The Kier molecular flexibility index (Phi) is 4.95. The summed E-state index contributed by atoms with van der Waals surface area (Å²) in [6.45, 7) is 4.70. The number of carbonyl (C=O) groups is 1. The predicted octanol–water partition coefficient (Wildman–Crippen LogP) is 4.21. The Labute approximate surface area is 163 Å². The summed E-state index contributed by atoms with van der Waals surface area (Å²) < 4.78 is 8.39. The molecule has 0 fully saturated rings. The van der Waals surface area contributed by atoms with Crippen LogP contribution in [-0.2, 0) is 11.3 Å². The number of thioether (sulfide) groups is 1. The topological polar surface area (TPSA) is 85.8 Å². The van der Waals surface area contributed by atoms with E-state index in [1.165, 1.54) is 23.1 Å². The van der Waals surface area contributed by atoms with Crippen molar-refractivity contribution in [3.8, 4) is 11.6 Å². The Morgan fingerprint density at radius 3 is 2.93 bits per heavy atom. The summed E-state index contributed by atoms with van der Waals surface area (Å²) in [6.07, 6.45) is 1.60. The maximum atomic E-state index is 12.3. The number of para-hydroxylation sites is 1. The number of hydrogen-bond acceptors (Lipinski definition) is 7. The highest BCUT2D eigenvalue weighted by molar-refractivity contribution is 7.99. The molecule has 0 radical (unpaired) electrons. The fourth-order valence-corrected chi connectivity index (χ4v) is 4.46. The molecule has 0 atom stereocenters. The van der Waals surface area contributed by atoms with Gasteiger partial charge in [0, 0.05) is 6.54 Å². The van der Waals surface area contributed by atoms with Gasteiger partial charge in [-0.2, -0.15) is 0 Å². The predicted molar refractivity (Wildman–Crippen MR) is 107 cm³/mol. The number of rotatable bonds is 6. The molecule has 27 heavy (non-hydrogen) atoms. The molecular weight excluding hydrogens is 382 g/mol. The van der Waals surface area contributed by atoms with Gasteiger partial charge in [0.1, 0.15) is 0 Å². The number of thiazole rings is 1. The van der Waals surface area contributed by atoms with Crippen molar-refractivity contribution in [2.75, 3.05) is 11.1 Å². The lowest BCUT2D eigenvalue weighted by molar-refractivity contribution is -0.113. The standard InChI is InChI=1S/C18H17N5O2S2/c1-3-23-16(12-7-5-9-25-12)21-22-18(23)26-10-14(24)19-17-20-15-11(2)6-4-8-13(15)27-17/h4-9H,3,10H2,1-2H3,(H,19,20,24). The lowest BCUT2D eigenvalue weighted by Gasteiger charge is -2.05. The molecule has 1 amide bonds. The van der Waals surface area contributed by atoms with Crippen molar-refractivity contribution in [3.63, 3.8) is 0 Å². The number of aryl methyl sites for hydroxylation is 1. The van der Waals surface area contributed by atoms with E-state index in [4.69, 9.17) is 4.42 Å². The lowest BCUT2D eigenvalue weighted by Crippen LogP contribution is -2.14. The fraction of sp³-hybridized carbons (Fsp3) is 0.222. The summed E-state index contributed by atoms with van der Waals surface area (Å²) in [5.41, 5.74) is 2.03. The van der Waals surface area contributed by atoms with Crippen LogP contribution in [0.2, 0.25) is 0 Å². The molecule has 3 heterocycles. The number of fused-ring (bicyclic) bond motifs is 1. The Morgan fingerprint density at radius 2 is 2.19 bits per heavy atom. The molecule has 0 bridgehead atoms. The highest BCUT2D eigenvalue weighted by atomic mass is 32.2. The van der Waals surface area contributed by atoms with Gasteiger partial charge >= 0.3 is 0 Å². The van der Waals surface area contributed by atoms with E-state index in [0.29, 0.717) is 28.4 Å². The zero-order valence-corrected chi connectivity index (χ0v) is 16.4. The van der Waals surface area contributed by atoms with E-state index in [1.807, 2.05) is 48.7 Å². The van der Waals surface area contributed by atoms with E-state index in [9.17, 15) is 4.79 Å². The molecule has 9 heteroatoms. The van der Waals surface area contributed by atoms with Gasteiger partial charge in [-0.05, 0) is 37.6 Å². The van der Waals surface area contributed by atoms with Gasteiger partial charge in [-0.3, -0.25) is 9.36 Å². The van der Waals surface area contributed by atoms with Crippen LogP contribution in [0.15, 0.2) is 46.2 Å². The van der Waals surface area contributed by atoms with Crippen molar-refractivity contribution in [1.82, 2.24) is 19.7 Å². The summed E-state index contributed by atoms with van der Waals surface area (Å²) in [5, 5.41) is 12.5. The third kappa shape index (κ3) is 3.60.